The number of halogens is 5. The molecular weight excluding hydrogens is 761 g/mol. The van der Waals surface area contributed by atoms with Gasteiger partial charge in [-0.25, -0.2) is 8.78 Å². The maximum Gasteiger partial charge on any atom is 0.369 e. The largest absolute Gasteiger partial charge is 0.507 e. The van der Waals surface area contributed by atoms with E-state index >= 15 is 0 Å². The number of ether oxygens (including phenoxy) is 2. The number of hydrogen-bond acceptors (Lipinski definition) is 4. The van der Waals surface area contributed by atoms with Crippen molar-refractivity contribution < 1.29 is 28.5 Å². The third-order valence-corrected chi connectivity index (χ3v) is 6.70. The molecule has 0 aliphatic rings. The van der Waals surface area contributed by atoms with E-state index in [2.05, 4.69) is 47.3 Å². The van der Waals surface area contributed by atoms with E-state index in [1.165, 1.54) is 37.4 Å². The van der Waals surface area contributed by atoms with Crippen LogP contribution in [0.5, 0.6) is 23.0 Å². The van der Waals surface area contributed by atoms with Gasteiger partial charge >= 0.3 is 3.18 Å². The highest BCUT2D eigenvalue weighted by molar-refractivity contribution is 9.69. The third kappa shape index (κ3) is 7.54. The van der Waals surface area contributed by atoms with E-state index in [4.69, 9.17) is 9.47 Å². The van der Waals surface area contributed by atoms with Crippen molar-refractivity contribution in [1.29, 1.82) is 0 Å². The van der Waals surface area contributed by atoms with Gasteiger partial charge in [0.1, 0.15) is 34.6 Å². The van der Waals surface area contributed by atoms with Gasteiger partial charge in [-0.15, -0.1) is 47.3 Å². The average molecular weight is 787 g/mol. The zero-order valence-corrected chi connectivity index (χ0v) is 28.3. The van der Waals surface area contributed by atoms with Crippen LogP contribution in [0.4, 0.5) is 8.78 Å². The molecule has 0 spiro atoms. The van der Waals surface area contributed by atoms with Crippen molar-refractivity contribution in [3.63, 3.8) is 0 Å². The zero-order chi connectivity index (χ0) is 31.8. The second-order valence-corrected chi connectivity index (χ2v) is 15.7. The van der Waals surface area contributed by atoms with Crippen LogP contribution < -0.4 is 9.47 Å². The molecule has 0 aliphatic heterocycles. The summed E-state index contributed by atoms with van der Waals surface area (Å²) in [7, 11) is 3.12. The van der Waals surface area contributed by atoms with Crippen LogP contribution in [0, 0.1) is 11.6 Å². The Bertz CT molecular complexity index is 1880. The van der Waals surface area contributed by atoms with E-state index in [0.717, 1.165) is 16.2 Å². The highest BCUT2D eigenvalue weighted by atomic mass is 79.9. The van der Waals surface area contributed by atoms with Crippen molar-refractivity contribution >= 4 is 72.0 Å². The predicted octanol–water partition coefficient (Wildman–Crippen LogP) is 10.9. The van der Waals surface area contributed by atoms with Crippen molar-refractivity contribution in [3.8, 4) is 45.3 Å². The summed E-state index contributed by atoms with van der Waals surface area (Å²) < 4.78 is 39.4. The van der Waals surface area contributed by atoms with Crippen LogP contribution in [-0.2, 0) is 0 Å². The number of phenolic OH excluding ortho intramolecular Hbond substituents is 2. The topological polar surface area (TPSA) is 58.9 Å². The lowest BCUT2D eigenvalue weighted by Gasteiger charge is -2.15. The Kier molecular flexibility index (Phi) is 11.7. The molecule has 0 radical (unpaired) electrons. The lowest BCUT2D eigenvalue weighted by atomic mass is 9.96. The Labute approximate surface area is 279 Å². The Morgan fingerprint density at radius 2 is 0.955 bits per heavy atom. The first-order chi connectivity index (χ1) is 21.2. The minimum Gasteiger partial charge on any atom is -0.507 e. The van der Waals surface area contributed by atoms with Gasteiger partial charge in [-0.1, -0.05) is 72.8 Å². The lowest BCUT2D eigenvalue weighted by molar-refractivity contribution is 0.408. The number of hydrogen-bond donors (Lipinski definition) is 2. The molecule has 10 heteroatoms. The number of phenols is 2. The maximum absolute atomic E-state index is 14.4. The summed E-state index contributed by atoms with van der Waals surface area (Å²) in [6.07, 6.45) is 0. The molecule has 0 bridgehead atoms. The molecule has 0 fully saturated rings. The highest BCUT2D eigenvalue weighted by Crippen LogP contribution is 2.43. The molecule has 224 valence electrons. The smallest absolute Gasteiger partial charge is 0.369 e. The molecule has 0 aromatic heterocycles. The second-order valence-electron chi connectivity index (χ2n) is 9.24. The highest BCUT2D eigenvalue weighted by Gasteiger charge is 2.19. The van der Waals surface area contributed by atoms with Gasteiger partial charge in [0.15, 0.2) is 0 Å². The van der Waals surface area contributed by atoms with Gasteiger partial charge in [-0.2, -0.15) is 0 Å². The van der Waals surface area contributed by atoms with Crippen LogP contribution >= 0.6 is 47.3 Å². The predicted molar refractivity (Wildman–Crippen MR) is 188 cm³/mol. The molecule has 6 aromatic carbocycles. The molecule has 2 N–H and O–H groups in total. The molecule has 6 rings (SSSR count). The van der Waals surface area contributed by atoms with Crippen LogP contribution in [0.1, 0.15) is 0 Å². The summed E-state index contributed by atoms with van der Waals surface area (Å²) in [6.45, 7) is 0. The van der Waals surface area contributed by atoms with Crippen LogP contribution in [0.3, 0.4) is 0 Å². The fourth-order valence-corrected chi connectivity index (χ4v) is 4.88. The molecule has 0 atom stereocenters. The van der Waals surface area contributed by atoms with Crippen molar-refractivity contribution in [3.05, 3.63) is 121 Å². The standard InChI is InChI=1S/C18H15FO2.C16H11FO2.BBr3/c1-20-15-9-5-8-14(19)18(15)17-13-7-4-3-6-12(13)10-11-16(17)21-2;17-12-6-3-7-13(18)16(12)15-11-5-2-1-4-10(11)8-9-14(15)19;2-1(3)4/h3-11H,1-2H3;1-9,18-19H;. The molecule has 0 unspecified atom stereocenters. The summed E-state index contributed by atoms with van der Waals surface area (Å²) in [5.74, 6) is -0.0248. The number of aromatic hydroxyl groups is 2. The van der Waals surface area contributed by atoms with Gasteiger partial charge < -0.3 is 19.7 Å². The zero-order valence-electron chi connectivity index (χ0n) is 23.6. The quantitative estimate of drug-likeness (QED) is 0.175. The fraction of sp³-hybridized carbons (Fsp3) is 0.0588. The number of methoxy groups -OCH3 is 2. The van der Waals surface area contributed by atoms with Crippen molar-refractivity contribution in [2.24, 2.45) is 0 Å². The lowest BCUT2D eigenvalue weighted by Crippen LogP contribution is -1.95. The molecule has 6 aromatic rings. The Morgan fingerprint density at radius 1 is 0.500 bits per heavy atom. The van der Waals surface area contributed by atoms with Gasteiger partial charge in [0.25, 0.3) is 0 Å². The SMILES string of the molecule is BrB(Br)Br.COc1cccc(F)c1-c1c(OC)ccc2ccccc12.Oc1cccc(F)c1-c1c(O)ccc2ccccc12. The molecular formula is C34H26BBr3F2O4. The third-order valence-electron chi connectivity index (χ3n) is 6.70. The van der Waals surface area contributed by atoms with Crippen molar-refractivity contribution in [1.82, 2.24) is 0 Å². The van der Waals surface area contributed by atoms with E-state index in [1.807, 2.05) is 54.6 Å². The second kappa shape index (κ2) is 15.4. The van der Waals surface area contributed by atoms with E-state index < -0.39 is 5.82 Å². The summed E-state index contributed by atoms with van der Waals surface area (Å²) in [6, 6.07) is 31.1. The first-order valence-electron chi connectivity index (χ1n) is 13.2. The average Bonchev–Trinajstić information content (AvgIpc) is 3.01. The number of fused-ring (bicyclic) bond motifs is 2. The van der Waals surface area contributed by atoms with E-state index in [9.17, 15) is 19.0 Å². The van der Waals surface area contributed by atoms with Crippen LogP contribution in [0.25, 0.3) is 43.8 Å². The fourth-order valence-electron chi connectivity index (χ4n) is 4.88. The summed E-state index contributed by atoms with van der Waals surface area (Å²) in [5.41, 5.74) is 1.48. The Balaban J connectivity index is 0.000000180. The summed E-state index contributed by atoms with van der Waals surface area (Å²) >= 11 is 9.31. The van der Waals surface area contributed by atoms with Gasteiger partial charge in [-0.05, 0) is 57.9 Å². The van der Waals surface area contributed by atoms with Crippen LogP contribution in [-0.4, -0.2) is 27.6 Å². The molecule has 0 aliphatic carbocycles. The minimum absolute atomic E-state index is 0.0248. The van der Waals surface area contributed by atoms with E-state index in [1.54, 1.807) is 31.4 Å². The van der Waals surface area contributed by atoms with Crippen molar-refractivity contribution in [2.45, 2.75) is 0 Å². The molecule has 4 nitrogen and oxygen atoms in total. The van der Waals surface area contributed by atoms with E-state index in [0.29, 0.717) is 33.6 Å². The minimum atomic E-state index is -0.563. The van der Waals surface area contributed by atoms with Crippen LogP contribution in [0.2, 0.25) is 0 Å². The molecule has 0 amide bonds. The van der Waals surface area contributed by atoms with Gasteiger partial charge in [0.2, 0.25) is 0 Å². The molecule has 0 saturated carbocycles. The Morgan fingerprint density at radius 3 is 1.52 bits per heavy atom. The van der Waals surface area contributed by atoms with Gasteiger partial charge in [0, 0.05) is 11.1 Å². The number of rotatable bonds is 4. The van der Waals surface area contributed by atoms with Crippen LogP contribution in [0.15, 0.2) is 109 Å². The molecule has 0 heterocycles. The first kappa shape index (κ1) is 33.3. The first-order valence-corrected chi connectivity index (χ1v) is 15.9. The molecule has 0 saturated heterocycles. The van der Waals surface area contributed by atoms with Gasteiger partial charge in [-0.3, -0.25) is 0 Å². The Hall–Kier alpha value is -3.60. The summed E-state index contributed by atoms with van der Waals surface area (Å²) in [5, 5.41) is 23.4. The molecule has 44 heavy (non-hydrogen) atoms. The van der Waals surface area contributed by atoms with Crippen molar-refractivity contribution in [2.75, 3.05) is 14.2 Å². The summed E-state index contributed by atoms with van der Waals surface area (Å²) in [4.78, 5) is 0. The maximum atomic E-state index is 14.4. The van der Waals surface area contributed by atoms with E-state index in [-0.39, 0.29) is 26.1 Å². The van der Waals surface area contributed by atoms with Gasteiger partial charge in [0.05, 0.1) is 25.3 Å². The monoisotopic (exact) mass is 784 g/mol. The normalized spacial score (nSPS) is 10.3. The number of benzene rings is 6.